The molecule has 33 heavy (non-hydrogen) atoms. The van der Waals surface area contributed by atoms with Gasteiger partial charge in [-0.1, -0.05) is 54.6 Å². The predicted molar refractivity (Wildman–Crippen MR) is 127 cm³/mol. The standard InChI is InChI=1S/C26H27N3O4/c1-4-15-28-20-14-9-8-13-19(20)26(25(28)33)21(22(30)18-11-6-5-7-12-18)23(31)24(32)29(26)17-10-16-27(2)3/h4-9,11-14,30H,1,10,15-17H2,2-3H3/t26-/m0/s1. The number of likely N-dealkylation sites (tertiary alicyclic amines) is 1. The molecule has 2 aliphatic rings. The molecule has 1 atom stereocenters. The van der Waals surface area contributed by atoms with Gasteiger partial charge in [0.2, 0.25) is 0 Å². The Morgan fingerprint density at radius 2 is 1.73 bits per heavy atom. The van der Waals surface area contributed by atoms with Crippen molar-refractivity contribution in [2.24, 2.45) is 0 Å². The molecule has 0 saturated carbocycles. The van der Waals surface area contributed by atoms with E-state index < -0.39 is 23.1 Å². The van der Waals surface area contributed by atoms with Crippen molar-refractivity contribution in [3.8, 4) is 0 Å². The van der Waals surface area contributed by atoms with E-state index >= 15 is 0 Å². The van der Waals surface area contributed by atoms with Crippen LogP contribution in [0.2, 0.25) is 0 Å². The molecule has 2 amide bonds. The van der Waals surface area contributed by atoms with E-state index in [4.69, 9.17) is 0 Å². The third-order valence-corrected chi connectivity index (χ3v) is 6.16. The van der Waals surface area contributed by atoms with E-state index in [0.29, 0.717) is 29.8 Å². The summed E-state index contributed by atoms with van der Waals surface area (Å²) in [5, 5.41) is 11.3. The van der Waals surface area contributed by atoms with Crippen molar-refractivity contribution >= 4 is 29.0 Å². The summed E-state index contributed by atoms with van der Waals surface area (Å²) in [4.78, 5) is 45.7. The fourth-order valence-electron chi connectivity index (χ4n) is 4.76. The number of Topliss-reactive ketones (excluding diaryl/α,β-unsaturated/α-hetero) is 1. The number of aliphatic hydroxyl groups excluding tert-OH is 1. The highest BCUT2D eigenvalue weighted by Crippen LogP contribution is 2.53. The van der Waals surface area contributed by atoms with Gasteiger partial charge in [0.25, 0.3) is 17.6 Å². The van der Waals surface area contributed by atoms with Gasteiger partial charge in [-0.25, -0.2) is 0 Å². The molecule has 0 bridgehead atoms. The van der Waals surface area contributed by atoms with Gasteiger partial charge in [0.15, 0.2) is 5.54 Å². The van der Waals surface area contributed by atoms with Crippen molar-refractivity contribution in [2.45, 2.75) is 12.0 Å². The number of carbonyl (C=O) groups is 3. The molecular formula is C26H27N3O4. The van der Waals surface area contributed by atoms with Gasteiger partial charge in [0.1, 0.15) is 5.76 Å². The van der Waals surface area contributed by atoms with Crippen molar-refractivity contribution in [2.75, 3.05) is 38.6 Å². The highest BCUT2D eigenvalue weighted by atomic mass is 16.3. The first-order chi connectivity index (χ1) is 15.9. The zero-order chi connectivity index (χ0) is 23.8. The lowest BCUT2D eigenvalue weighted by Gasteiger charge is -2.34. The molecule has 170 valence electrons. The number of rotatable bonds is 7. The number of nitrogens with zero attached hydrogens (tertiary/aromatic N) is 3. The number of aliphatic hydroxyl groups is 1. The van der Waals surface area contributed by atoms with Crippen LogP contribution >= 0.6 is 0 Å². The van der Waals surface area contributed by atoms with Crippen LogP contribution in [-0.2, 0) is 19.9 Å². The summed E-state index contributed by atoms with van der Waals surface area (Å²) in [5.41, 5.74) is -0.428. The Balaban J connectivity index is 2.00. The first-order valence-corrected chi connectivity index (χ1v) is 10.9. The normalized spacial score (nSPS) is 21.4. The number of fused-ring (bicyclic) bond motifs is 2. The van der Waals surface area contributed by atoms with Crippen molar-refractivity contribution in [1.82, 2.24) is 9.80 Å². The molecule has 0 aromatic heterocycles. The van der Waals surface area contributed by atoms with Gasteiger partial charge in [-0.15, -0.1) is 6.58 Å². The zero-order valence-electron chi connectivity index (χ0n) is 18.8. The summed E-state index contributed by atoms with van der Waals surface area (Å²) in [6.45, 7) is 4.83. The number of hydrogen-bond acceptors (Lipinski definition) is 5. The van der Waals surface area contributed by atoms with Gasteiger partial charge in [0.05, 0.1) is 11.3 Å². The Hall–Kier alpha value is -3.71. The number of para-hydroxylation sites is 1. The average Bonchev–Trinajstić information content (AvgIpc) is 3.18. The topological polar surface area (TPSA) is 81.2 Å². The Morgan fingerprint density at radius 3 is 2.39 bits per heavy atom. The Morgan fingerprint density at radius 1 is 1.06 bits per heavy atom. The van der Waals surface area contributed by atoms with E-state index in [-0.39, 0.29) is 24.4 Å². The van der Waals surface area contributed by atoms with E-state index in [9.17, 15) is 19.5 Å². The lowest BCUT2D eigenvalue weighted by Crippen LogP contribution is -2.52. The lowest BCUT2D eigenvalue weighted by atomic mass is 9.82. The van der Waals surface area contributed by atoms with Gasteiger partial charge in [-0.2, -0.15) is 0 Å². The Bertz CT molecular complexity index is 1160. The summed E-state index contributed by atoms with van der Waals surface area (Å²) in [5.74, 6) is -2.43. The van der Waals surface area contributed by atoms with E-state index in [0.717, 1.165) is 0 Å². The maximum Gasteiger partial charge on any atom is 0.296 e. The third-order valence-electron chi connectivity index (χ3n) is 6.16. The van der Waals surface area contributed by atoms with E-state index in [1.54, 1.807) is 60.7 Å². The first-order valence-electron chi connectivity index (χ1n) is 10.9. The first kappa shape index (κ1) is 22.5. The molecule has 1 saturated heterocycles. The minimum atomic E-state index is -1.72. The molecule has 1 fully saturated rings. The number of benzene rings is 2. The van der Waals surface area contributed by atoms with Crippen molar-refractivity contribution in [1.29, 1.82) is 0 Å². The fourth-order valence-corrected chi connectivity index (χ4v) is 4.76. The van der Waals surface area contributed by atoms with Gasteiger partial charge in [-0.3, -0.25) is 14.4 Å². The Labute approximate surface area is 193 Å². The van der Waals surface area contributed by atoms with Gasteiger partial charge in [0, 0.05) is 24.2 Å². The molecule has 1 N–H and O–H groups in total. The van der Waals surface area contributed by atoms with Crippen molar-refractivity contribution < 1.29 is 19.5 Å². The highest BCUT2D eigenvalue weighted by Gasteiger charge is 2.66. The fraction of sp³-hybridized carbons (Fsp3) is 0.269. The largest absolute Gasteiger partial charge is 0.507 e. The number of ketones is 1. The molecule has 7 nitrogen and oxygen atoms in total. The lowest BCUT2D eigenvalue weighted by molar-refractivity contribution is -0.143. The molecular weight excluding hydrogens is 418 g/mol. The third kappa shape index (κ3) is 3.36. The average molecular weight is 446 g/mol. The highest BCUT2D eigenvalue weighted by molar-refractivity contribution is 6.50. The van der Waals surface area contributed by atoms with Crippen LogP contribution in [0.25, 0.3) is 5.76 Å². The zero-order valence-corrected chi connectivity index (χ0v) is 18.8. The quantitative estimate of drug-likeness (QED) is 0.307. The SMILES string of the molecule is C=CCN1C(=O)[C@@]2(C(=C(O)c3ccccc3)C(=O)C(=O)N2CCCN(C)C)c2ccccc21. The van der Waals surface area contributed by atoms with Crippen LogP contribution in [0.15, 0.2) is 72.8 Å². The second-order valence-corrected chi connectivity index (χ2v) is 8.46. The number of amides is 2. The maximum absolute atomic E-state index is 14.1. The number of hydrogen-bond donors (Lipinski definition) is 1. The minimum absolute atomic E-state index is 0.187. The van der Waals surface area contributed by atoms with Gasteiger partial charge < -0.3 is 19.8 Å². The van der Waals surface area contributed by atoms with Gasteiger partial charge >= 0.3 is 0 Å². The summed E-state index contributed by atoms with van der Waals surface area (Å²) in [6.07, 6.45) is 2.16. The van der Waals surface area contributed by atoms with E-state index in [1.165, 1.54) is 9.80 Å². The molecule has 0 unspecified atom stereocenters. The molecule has 4 rings (SSSR count). The van der Waals surface area contributed by atoms with E-state index in [1.807, 2.05) is 19.0 Å². The van der Waals surface area contributed by atoms with E-state index in [2.05, 4.69) is 6.58 Å². The van der Waals surface area contributed by atoms with Gasteiger partial charge in [-0.05, 0) is 33.1 Å². The molecule has 2 heterocycles. The van der Waals surface area contributed by atoms with Crippen LogP contribution in [0.1, 0.15) is 17.5 Å². The molecule has 2 aromatic carbocycles. The molecule has 1 spiro atoms. The van der Waals surface area contributed by atoms with Crippen LogP contribution in [-0.4, -0.2) is 66.2 Å². The van der Waals surface area contributed by atoms with Crippen LogP contribution in [0.5, 0.6) is 0 Å². The monoisotopic (exact) mass is 445 g/mol. The molecule has 7 heteroatoms. The minimum Gasteiger partial charge on any atom is -0.507 e. The summed E-state index contributed by atoms with van der Waals surface area (Å²) in [6, 6.07) is 15.6. The predicted octanol–water partition coefficient (Wildman–Crippen LogP) is 2.75. The maximum atomic E-state index is 14.1. The second-order valence-electron chi connectivity index (χ2n) is 8.46. The molecule has 2 aliphatic heterocycles. The van der Waals surface area contributed by atoms with Crippen LogP contribution in [0.3, 0.4) is 0 Å². The number of carbonyl (C=O) groups excluding carboxylic acids is 3. The van der Waals surface area contributed by atoms with Crippen molar-refractivity contribution in [3.05, 3.63) is 84.0 Å². The molecule has 0 aliphatic carbocycles. The molecule has 0 radical (unpaired) electrons. The Kier molecular flexibility index (Phi) is 5.91. The van der Waals surface area contributed by atoms with Crippen LogP contribution in [0, 0.1) is 0 Å². The van der Waals surface area contributed by atoms with Crippen LogP contribution in [0.4, 0.5) is 5.69 Å². The molecule has 2 aromatic rings. The summed E-state index contributed by atoms with van der Waals surface area (Å²) < 4.78 is 0. The number of anilines is 1. The van der Waals surface area contributed by atoms with Crippen LogP contribution < -0.4 is 4.90 Å². The summed E-state index contributed by atoms with van der Waals surface area (Å²) in [7, 11) is 3.84. The second kappa shape index (κ2) is 8.67. The van der Waals surface area contributed by atoms with Crippen molar-refractivity contribution in [3.63, 3.8) is 0 Å². The summed E-state index contributed by atoms with van der Waals surface area (Å²) >= 11 is 0. The smallest absolute Gasteiger partial charge is 0.296 e.